The van der Waals surface area contributed by atoms with Crippen molar-refractivity contribution in [3.63, 3.8) is 0 Å². The first-order valence-corrected chi connectivity index (χ1v) is 5.51. The zero-order valence-corrected chi connectivity index (χ0v) is 11.1. The standard InChI is InChI=1S/C10H9BrFN3O.ClH/c11-6-2-1-3-7(12)8(6)9(16)15-10-13-4-5-14-10;/h1-3H,4-5H2,(H2,13,14,15,16);1H. The van der Waals surface area contributed by atoms with Crippen LogP contribution in [-0.4, -0.2) is 25.0 Å². The molecule has 17 heavy (non-hydrogen) atoms. The second-order valence-corrected chi connectivity index (χ2v) is 4.06. The van der Waals surface area contributed by atoms with E-state index in [0.717, 1.165) is 0 Å². The molecular formula is C10H10BrClFN3O. The average Bonchev–Trinajstić information content (AvgIpc) is 2.70. The Balaban J connectivity index is 0.00000144. The third kappa shape index (κ3) is 3.17. The summed E-state index contributed by atoms with van der Waals surface area (Å²) in [5, 5.41) is 5.38. The molecule has 92 valence electrons. The van der Waals surface area contributed by atoms with E-state index in [4.69, 9.17) is 0 Å². The zero-order chi connectivity index (χ0) is 11.5. The minimum atomic E-state index is -0.564. The van der Waals surface area contributed by atoms with Crippen LogP contribution in [0.4, 0.5) is 4.39 Å². The maximum absolute atomic E-state index is 13.4. The molecule has 1 amide bonds. The molecule has 2 N–H and O–H groups in total. The highest BCUT2D eigenvalue weighted by molar-refractivity contribution is 9.10. The third-order valence-corrected chi connectivity index (χ3v) is 2.76. The molecule has 0 saturated heterocycles. The minimum Gasteiger partial charge on any atom is -0.354 e. The predicted octanol–water partition coefficient (Wildman–Crippen LogP) is 1.70. The minimum absolute atomic E-state index is 0. The van der Waals surface area contributed by atoms with Gasteiger partial charge in [0.05, 0.1) is 12.1 Å². The number of hydrogen-bond acceptors (Lipinski definition) is 3. The third-order valence-electron chi connectivity index (χ3n) is 2.10. The average molecular weight is 323 g/mol. The number of carbonyl (C=O) groups is 1. The van der Waals surface area contributed by atoms with Crippen molar-refractivity contribution in [1.82, 2.24) is 10.6 Å². The second-order valence-electron chi connectivity index (χ2n) is 3.21. The van der Waals surface area contributed by atoms with Crippen LogP contribution in [0.1, 0.15) is 10.4 Å². The fraction of sp³-hybridized carbons (Fsp3) is 0.200. The fourth-order valence-electron chi connectivity index (χ4n) is 1.37. The monoisotopic (exact) mass is 321 g/mol. The van der Waals surface area contributed by atoms with Gasteiger partial charge in [-0.1, -0.05) is 6.07 Å². The van der Waals surface area contributed by atoms with Crippen molar-refractivity contribution in [2.45, 2.75) is 0 Å². The van der Waals surface area contributed by atoms with Gasteiger partial charge in [-0.2, -0.15) is 0 Å². The molecule has 0 aromatic heterocycles. The van der Waals surface area contributed by atoms with Gasteiger partial charge in [-0.15, -0.1) is 12.4 Å². The lowest BCUT2D eigenvalue weighted by Crippen LogP contribution is -2.38. The van der Waals surface area contributed by atoms with Crippen LogP contribution in [0.3, 0.4) is 0 Å². The molecule has 0 atom stereocenters. The van der Waals surface area contributed by atoms with Gasteiger partial charge in [0, 0.05) is 11.0 Å². The Labute approximate surface area is 112 Å². The lowest BCUT2D eigenvalue weighted by molar-refractivity contribution is 0.0971. The molecular weight excluding hydrogens is 312 g/mol. The van der Waals surface area contributed by atoms with Crippen LogP contribution in [0, 0.1) is 5.82 Å². The summed E-state index contributed by atoms with van der Waals surface area (Å²) in [7, 11) is 0. The van der Waals surface area contributed by atoms with Gasteiger partial charge in [0.15, 0.2) is 5.96 Å². The second kappa shape index (κ2) is 5.97. The van der Waals surface area contributed by atoms with Gasteiger partial charge in [0.25, 0.3) is 5.91 Å². The number of rotatable bonds is 1. The van der Waals surface area contributed by atoms with E-state index in [-0.39, 0.29) is 18.0 Å². The van der Waals surface area contributed by atoms with Crippen molar-refractivity contribution in [2.24, 2.45) is 4.99 Å². The van der Waals surface area contributed by atoms with Crippen LogP contribution >= 0.6 is 28.3 Å². The van der Waals surface area contributed by atoms with Crippen molar-refractivity contribution in [3.05, 3.63) is 34.1 Å². The van der Waals surface area contributed by atoms with Gasteiger partial charge in [-0.25, -0.2) is 4.39 Å². The van der Waals surface area contributed by atoms with E-state index in [9.17, 15) is 9.18 Å². The highest BCUT2D eigenvalue weighted by Gasteiger charge is 2.17. The predicted molar refractivity (Wildman–Crippen MR) is 69.1 cm³/mol. The van der Waals surface area contributed by atoms with E-state index in [1.54, 1.807) is 6.07 Å². The number of nitrogens with one attached hydrogen (secondary N) is 2. The zero-order valence-electron chi connectivity index (χ0n) is 8.67. The topological polar surface area (TPSA) is 53.5 Å². The molecule has 0 fully saturated rings. The van der Waals surface area contributed by atoms with Crippen molar-refractivity contribution in [3.8, 4) is 0 Å². The van der Waals surface area contributed by atoms with E-state index in [2.05, 4.69) is 31.6 Å². The van der Waals surface area contributed by atoms with E-state index < -0.39 is 11.7 Å². The summed E-state index contributed by atoms with van der Waals surface area (Å²) < 4.78 is 13.8. The Morgan fingerprint density at radius 1 is 1.53 bits per heavy atom. The Morgan fingerprint density at radius 2 is 2.29 bits per heavy atom. The smallest absolute Gasteiger partial charge is 0.262 e. The van der Waals surface area contributed by atoms with Crippen molar-refractivity contribution in [1.29, 1.82) is 0 Å². The molecule has 1 aromatic rings. The van der Waals surface area contributed by atoms with E-state index >= 15 is 0 Å². The van der Waals surface area contributed by atoms with Gasteiger partial charge in [0.1, 0.15) is 5.82 Å². The van der Waals surface area contributed by atoms with Crippen LogP contribution in [0.15, 0.2) is 27.7 Å². The molecule has 0 radical (unpaired) electrons. The van der Waals surface area contributed by atoms with Crippen molar-refractivity contribution >= 4 is 40.2 Å². The van der Waals surface area contributed by atoms with Crippen LogP contribution in [0.2, 0.25) is 0 Å². The SMILES string of the molecule is Cl.O=C(NC1=NCCN1)c1c(F)cccc1Br. The number of nitrogens with zero attached hydrogens (tertiary/aromatic N) is 1. The van der Waals surface area contributed by atoms with Gasteiger partial charge in [-0.05, 0) is 28.1 Å². The summed E-state index contributed by atoms with van der Waals surface area (Å²) in [6, 6.07) is 4.38. The summed E-state index contributed by atoms with van der Waals surface area (Å²) >= 11 is 3.14. The lowest BCUT2D eigenvalue weighted by atomic mass is 10.2. The summed E-state index contributed by atoms with van der Waals surface area (Å²) in [5.41, 5.74) is -0.0149. The first-order valence-electron chi connectivity index (χ1n) is 4.72. The normalized spacial score (nSPS) is 13.4. The van der Waals surface area contributed by atoms with Crippen molar-refractivity contribution in [2.75, 3.05) is 13.1 Å². The van der Waals surface area contributed by atoms with Gasteiger partial charge in [-0.3, -0.25) is 15.1 Å². The number of hydrogen-bond donors (Lipinski definition) is 2. The maximum atomic E-state index is 13.4. The number of benzene rings is 1. The molecule has 1 aromatic carbocycles. The Kier molecular flexibility index (Phi) is 4.89. The quantitative estimate of drug-likeness (QED) is 0.827. The number of aliphatic imine (C=N–C) groups is 1. The Morgan fingerprint density at radius 3 is 2.88 bits per heavy atom. The molecule has 1 aliphatic heterocycles. The van der Waals surface area contributed by atoms with E-state index in [1.807, 2.05) is 0 Å². The van der Waals surface area contributed by atoms with Crippen LogP contribution in [-0.2, 0) is 0 Å². The molecule has 4 nitrogen and oxygen atoms in total. The highest BCUT2D eigenvalue weighted by atomic mass is 79.9. The maximum Gasteiger partial charge on any atom is 0.262 e. The first kappa shape index (κ1) is 13.9. The Hall–Kier alpha value is -1.14. The van der Waals surface area contributed by atoms with Gasteiger partial charge < -0.3 is 5.32 Å². The molecule has 1 heterocycles. The summed E-state index contributed by atoms with van der Waals surface area (Å²) in [5.74, 6) is -0.691. The van der Waals surface area contributed by atoms with E-state index in [1.165, 1.54) is 12.1 Å². The number of amides is 1. The molecule has 7 heteroatoms. The molecule has 0 bridgehead atoms. The van der Waals surface area contributed by atoms with Gasteiger partial charge in [0.2, 0.25) is 0 Å². The fourth-order valence-corrected chi connectivity index (χ4v) is 1.89. The van der Waals surface area contributed by atoms with Crippen LogP contribution < -0.4 is 10.6 Å². The van der Waals surface area contributed by atoms with Crippen LogP contribution in [0.5, 0.6) is 0 Å². The van der Waals surface area contributed by atoms with Gasteiger partial charge >= 0.3 is 0 Å². The molecule has 0 unspecified atom stereocenters. The molecule has 0 saturated carbocycles. The Bertz CT molecular complexity index is 447. The molecule has 2 rings (SSSR count). The summed E-state index contributed by atoms with van der Waals surface area (Å²) in [6.07, 6.45) is 0. The van der Waals surface area contributed by atoms with Crippen LogP contribution in [0.25, 0.3) is 0 Å². The van der Waals surface area contributed by atoms with Crippen molar-refractivity contribution < 1.29 is 9.18 Å². The number of halogens is 3. The molecule has 0 spiro atoms. The molecule has 0 aliphatic carbocycles. The number of guanidine groups is 1. The summed E-state index contributed by atoms with van der Waals surface area (Å²) in [6.45, 7) is 1.31. The lowest BCUT2D eigenvalue weighted by Gasteiger charge is -2.07. The molecule has 1 aliphatic rings. The summed E-state index contributed by atoms with van der Waals surface area (Å²) in [4.78, 5) is 15.7. The highest BCUT2D eigenvalue weighted by Crippen LogP contribution is 2.19. The van der Waals surface area contributed by atoms with E-state index in [0.29, 0.717) is 23.5 Å². The number of carbonyl (C=O) groups excluding carboxylic acids is 1. The first-order chi connectivity index (χ1) is 7.68. The largest absolute Gasteiger partial charge is 0.354 e.